The van der Waals surface area contributed by atoms with Gasteiger partial charge in [0, 0.05) is 45.0 Å². The number of aliphatic imine (C=N–C) groups is 1. The maximum absolute atomic E-state index is 12.1. The molecule has 8 nitrogen and oxygen atoms in total. The van der Waals surface area contributed by atoms with Crippen LogP contribution in [0.25, 0.3) is 0 Å². The number of rotatable bonds is 11. The topological polar surface area (TPSA) is 104 Å². The number of hydrogen-bond donors (Lipinski definition) is 4. The second-order valence-corrected chi connectivity index (χ2v) is 6.38. The number of para-hydroxylation sites is 1. The number of methoxy groups -OCH3 is 1. The molecule has 0 atom stereocenters. The third-order valence-electron chi connectivity index (χ3n) is 4.02. The van der Waals surface area contributed by atoms with Gasteiger partial charge in [-0.05, 0) is 31.2 Å². The number of hydrogen-bond acceptors (Lipinski definition) is 5. The Morgan fingerprint density at radius 1 is 1.10 bits per heavy atom. The lowest BCUT2D eigenvalue weighted by atomic mass is 10.2. The number of amides is 1. The average Bonchev–Trinajstić information content (AvgIpc) is 2.75. The fourth-order valence-corrected chi connectivity index (χ4v) is 2.60. The molecule has 0 aliphatic rings. The van der Waals surface area contributed by atoms with Crippen molar-refractivity contribution in [2.45, 2.75) is 13.3 Å². The molecule has 0 saturated heterocycles. The molecule has 0 aromatic heterocycles. The number of guanidine groups is 1. The molecule has 0 saturated carbocycles. The molecule has 2 rings (SSSR count). The lowest BCUT2D eigenvalue weighted by molar-refractivity contribution is 0.0952. The summed E-state index contributed by atoms with van der Waals surface area (Å²) in [5, 5.41) is 18.9. The quantitative estimate of drug-likeness (QED) is 0.151. The van der Waals surface area contributed by atoms with E-state index in [-0.39, 0.29) is 41.2 Å². The molecule has 0 aliphatic carbocycles. The van der Waals surface area contributed by atoms with Crippen LogP contribution in [0.1, 0.15) is 23.7 Å². The first-order valence-corrected chi connectivity index (χ1v) is 9.97. The molecule has 0 radical (unpaired) electrons. The molecular formula is C22H31IN4O4. The van der Waals surface area contributed by atoms with Gasteiger partial charge in [-0.25, -0.2) is 0 Å². The van der Waals surface area contributed by atoms with Crippen LogP contribution in [0.2, 0.25) is 0 Å². The Kier molecular flexibility index (Phi) is 13.1. The van der Waals surface area contributed by atoms with Crippen LogP contribution in [-0.4, -0.2) is 56.9 Å². The monoisotopic (exact) mass is 542 g/mol. The molecule has 2 aromatic carbocycles. The molecule has 31 heavy (non-hydrogen) atoms. The summed E-state index contributed by atoms with van der Waals surface area (Å²) in [6.07, 6.45) is 0.824. The number of nitrogens with one attached hydrogen (secondary N) is 3. The van der Waals surface area contributed by atoms with Gasteiger partial charge in [-0.1, -0.05) is 18.2 Å². The van der Waals surface area contributed by atoms with Crippen molar-refractivity contribution in [3.8, 4) is 11.5 Å². The molecule has 9 heteroatoms. The summed E-state index contributed by atoms with van der Waals surface area (Å²) in [6.45, 7) is 4.64. The van der Waals surface area contributed by atoms with Crippen molar-refractivity contribution in [2.24, 2.45) is 4.99 Å². The van der Waals surface area contributed by atoms with Gasteiger partial charge < -0.3 is 30.5 Å². The third kappa shape index (κ3) is 9.88. The molecule has 0 spiro atoms. The van der Waals surface area contributed by atoms with E-state index in [1.807, 2.05) is 31.2 Å². The third-order valence-corrected chi connectivity index (χ3v) is 4.02. The Labute approximate surface area is 200 Å². The van der Waals surface area contributed by atoms with Gasteiger partial charge in [-0.15, -0.1) is 24.0 Å². The van der Waals surface area contributed by atoms with Crippen LogP contribution in [0, 0.1) is 0 Å². The molecule has 0 unspecified atom stereocenters. The van der Waals surface area contributed by atoms with E-state index >= 15 is 0 Å². The van der Waals surface area contributed by atoms with Gasteiger partial charge >= 0.3 is 0 Å². The summed E-state index contributed by atoms with van der Waals surface area (Å²) in [4.78, 5) is 16.6. The van der Waals surface area contributed by atoms with Crippen LogP contribution in [-0.2, 0) is 4.74 Å². The Bertz CT molecular complexity index is 833. The standard InChI is InChI=1S/C22H30N4O4.HI/c1-3-23-22(25-13-12-24-21(28)19-10-4-5-11-20(19)27)26-17-8-6-9-18(16-17)30-15-7-14-29-2;/h4-6,8-11,16,27H,3,7,12-15H2,1-2H3,(H,24,28)(H2,23,25,26);1H. The van der Waals surface area contributed by atoms with E-state index in [1.54, 1.807) is 25.3 Å². The maximum Gasteiger partial charge on any atom is 0.255 e. The number of carbonyl (C=O) groups excluding carboxylic acids is 1. The summed E-state index contributed by atoms with van der Waals surface area (Å²) in [7, 11) is 1.67. The van der Waals surface area contributed by atoms with Crippen molar-refractivity contribution in [1.29, 1.82) is 0 Å². The van der Waals surface area contributed by atoms with E-state index in [9.17, 15) is 9.90 Å². The van der Waals surface area contributed by atoms with Gasteiger partial charge in [0.15, 0.2) is 5.96 Å². The highest BCUT2D eigenvalue weighted by atomic mass is 127. The molecule has 0 bridgehead atoms. The first kappa shape index (κ1) is 26.5. The predicted molar refractivity (Wildman–Crippen MR) is 134 cm³/mol. The highest BCUT2D eigenvalue weighted by Crippen LogP contribution is 2.17. The van der Waals surface area contributed by atoms with Gasteiger partial charge in [0.05, 0.1) is 18.7 Å². The first-order chi connectivity index (χ1) is 14.6. The van der Waals surface area contributed by atoms with Crippen molar-refractivity contribution in [2.75, 3.05) is 45.3 Å². The summed E-state index contributed by atoms with van der Waals surface area (Å²) < 4.78 is 10.7. The lowest BCUT2D eigenvalue weighted by Crippen LogP contribution is -2.32. The predicted octanol–water partition coefficient (Wildman–Crippen LogP) is 3.23. The van der Waals surface area contributed by atoms with Gasteiger partial charge in [0.1, 0.15) is 11.5 Å². The Morgan fingerprint density at radius 3 is 2.65 bits per heavy atom. The molecule has 0 aliphatic heterocycles. The van der Waals surface area contributed by atoms with Gasteiger partial charge in [0.25, 0.3) is 5.91 Å². The van der Waals surface area contributed by atoms with E-state index in [1.165, 1.54) is 6.07 Å². The number of carbonyl (C=O) groups is 1. The second-order valence-electron chi connectivity index (χ2n) is 6.38. The average molecular weight is 542 g/mol. The maximum atomic E-state index is 12.1. The van der Waals surface area contributed by atoms with E-state index in [2.05, 4.69) is 20.9 Å². The number of phenolic OH excluding ortho intramolecular Hbond substituents is 1. The highest BCUT2D eigenvalue weighted by Gasteiger charge is 2.09. The van der Waals surface area contributed by atoms with Crippen molar-refractivity contribution >= 4 is 41.5 Å². The van der Waals surface area contributed by atoms with Crippen LogP contribution in [0.15, 0.2) is 53.5 Å². The Hall–Kier alpha value is -2.53. The molecule has 4 N–H and O–H groups in total. The fraction of sp³-hybridized carbons (Fsp3) is 0.364. The van der Waals surface area contributed by atoms with E-state index in [4.69, 9.17) is 9.47 Å². The lowest BCUT2D eigenvalue weighted by Gasteiger charge is -2.13. The SMILES string of the molecule is CCNC(=NCCNC(=O)c1ccccc1O)Nc1cccc(OCCCOC)c1.I. The van der Waals surface area contributed by atoms with Crippen LogP contribution in [0.4, 0.5) is 5.69 Å². The minimum atomic E-state index is -0.334. The summed E-state index contributed by atoms with van der Waals surface area (Å²) in [6, 6.07) is 14.1. The highest BCUT2D eigenvalue weighted by molar-refractivity contribution is 14.0. The van der Waals surface area contributed by atoms with Crippen LogP contribution in [0.3, 0.4) is 0 Å². The van der Waals surface area contributed by atoms with Gasteiger partial charge in [0.2, 0.25) is 0 Å². The van der Waals surface area contributed by atoms with E-state index in [0.29, 0.717) is 38.8 Å². The molecule has 2 aromatic rings. The van der Waals surface area contributed by atoms with E-state index in [0.717, 1.165) is 17.9 Å². The Balaban J connectivity index is 0.00000480. The second kappa shape index (κ2) is 15.3. The molecule has 1 amide bonds. The minimum Gasteiger partial charge on any atom is -0.507 e. The van der Waals surface area contributed by atoms with Crippen LogP contribution < -0.4 is 20.7 Å². The largest absolute Gasteiger partial charge is 0.507 e. The molecule has 0 fully saturated rings. The molecule has 170 valence electrons. The van der Waals surface area contributed by atoms with Crippen LogP contribution in [0.5, 0.6) is 11.5 Å². The van der Waals surface area contributed by atoms with Crippen molar-refractivity contribution in [3.05, 3.63) is 54.1 Å². The normalized spacial score (nSPS) is 10.7. The van der Waals surface area contributed by atoms with Gasteiger partial charge in [-0.3, -0.25) is 9.79 Å². The number of benzene rings is 2. The number of halogens is 1. The fourth-order valence-electron chi connectivity index (χ4n) is 2.60. The van der Waals surface area contributed by atoms with Crippen molar-refractivity contribution in [1.82, 2.24) is 10.6 Å². The number of aromatic hydroxyl groups is 1. The number of anilines is 1. The summed E-state index contributed by atoms with van der Waals surface area (Å²) in [5.74, 6) is 0.991. The Morgan fingerprint density at radius 2 is 1.90 bits per heavy atom. The van der Waals surface area contributed by atoms with E-state index < -0.39 is 0 Å². The van der Waals surface area contributed by atoms with Gasteiger partial charge in [-0.2, -0.15) is 0 Å². The van der Waals surface area contributed by atoms with Crippen molar-refractivity contribution in [3.63, 3.8) is 0 Å². The number of nitrogens with zero attached hydrogens (tertiary/aromatic N) is 1. The van der Waals surface area contributed by atoms with Crippen molar-refractivity contribution < 1.29 is 19.4 Å². The molecule has 0 heterocycles. The minimum absolute atomic E-state index is 0. The smallest absolute Gasteiger partial charge is 0.255 e. The zero-order valence-electron chi connectivity index (χ0n) is 17.9. The zero-order chi connectivity index (χ0) is 21.6. The summed E-state index contributed by atoms with van der Waals surface area (Å²) >= 11 is 0. The first-order valence-electron chi connectivity index (χ1n) is 9.97. The number of phenols is 1. The van der Waals surface area contributed by atoms with Crippen LogP contribution >= 0.6 is 24.0 Å². The zero-order valence-corrected chi connectivity index (χ0v) is 20.2. The molecular weight excluding hydrogens is 511 g/mol. The number of ether oxygens (including phenoxy) is 2. The summed E-state index contributed by atoms with van der Waals surface area (Å²) in [5.41, 5.74) is 1.09.